The second kappa shape index (κ2) is 7.88. The molecule has 32 heavy (non-hydrogen) atoms. The van der Waals surface area contributed by atoms with Crippen LogP contribution in [0.1, 0.15) is 57.8 Å². The maximum Gasteiger partial charge on any atom is 0.228 e. The van der Waals surface area contributed by atoms with Crippen molar-refractivity contribution in [3.05, 3.63) is 53.9 Å². The van der Waals surface area contributed by atoms with E-state index >= 15 is 0 Å². The van der Waals surface area contributed by atoms with Crippen molar-refractivity contribution < 1.29 is 4.79 Å². The van der Waals surface area contributed by atoms with Gasteiger partial charge in [-0.1, -0.05) is 45.0 Å². The summed E-state index contributed by atoms with van der Waals surface area (Å²) in [6.45, 7) is 8.63. The van der Waals surface area contributed by atoms with Crippen molar-refractivity contribution in [3.63, 3.8) is 0 Å². The topological polar surface area (TPSA) is 58.1 Å². The first kappa shape index (κ1) is 20.9. The fourth-order valence-electron chi connectivity index (χ4n) is 4.18. The molecule has 1 aromatic heterocycles. The number of nitrogens with one attached hydrogen (secondary N) is 1. The van der Waals surface area contributed by atoms with E-state index < -0.39 is 0 Å². The highest BCUT2D eigenvalue weighted by molar-refractivity contribution is 5.93. The van der Waals surface area contributed by atoms with Gasteiger partial charge in [-0.05, 0) is 67.5 Å². The van der Waals surface area contributed by atoms with E-state index in [-0.39, 0.29) is 11.3 Å². The number of aryl methyl sites for hydroxylation is 1. The van der Waals surface area contributed by atoms with Gasteiger partial charge in [0.1, 0.15) is 11.6 Å². The van der Waals surface area contributed by atoms with Crippen LogP contribution in [0.2, 0.25) is 0 Å². The summed E-state index contributed by atoms with van der Waals surface area (Å²) in [5.74, 6) is 1.96. The minimum absolute atomic E-state index is 0.236. The Hall–Kier alpha value is -2.95. The fourth-order valence-corrected chi connectivity index (χ4v) is 4.18. The Balaban J connectivity index is 1.46. The molecule has 166 valence electrons. The molecule has 1 N–H and O–H groups in total. The molecule has 5 rings (SSSR count). The lowest BCUT2D eigenvalue weighted by Gasteiger charge is -2.30. The fraction of sp³-hybridized carbons (Fsp3) is 0.444. The second-order valence-corrected chi connectivity index (χ2v) is 10.4. The maximum absolute atomic E-state index is 13.0. The summed E-state index contributed by atoms with van der Waals surface area (Å²) in [6.07, 6.45) is 4.64. The number of fused-ring (bicyclic) bond motifs is 1. The predicted molar refractivity (Wildman–Crippen MR) is 129 cm³/mol. The molecule has 0 spiro atoms. The third kappa shape index (κ3) is 4.47. The minimum atomic E-state index is -0.359. The lowest BCUT2D eigenvalue weighted by atomic mass is 9.94. The van der Waals surface area contributed by atoms with Crippen LogP contribution in [0, 0.1) is 12.3 Å². The van der Waals surface area contributed by atoms with E-state index in [0.717, 1.165) is 46.5 Å². The van der Waals surface area contributed by atoms with Crippen molar-refractivity contribution in [2.45, 2.75) is 72.0 Å². The van der Waals surface area contributed by atoms with Crippen LogP contribution in [-0.4, -0.2) is 32.9 Å². The van der Waals surface area contributed by atoms with E-state index in [4.69, 9.17) is 0 Å². The number of carbonyl (C=O) groups excluding carboxylic acids is 1. The average Bonchev–Trinajstić information content (AvgIpc) is 3.66. The van der Waals surface area contributed by atoms with E-state index in [9.17, 15) is 4.79 Å². The largest absolute Gasteiger partial charge is 0.367 e. The Morgan fingerprint density at radius 1 is 1.03 bits per heavy atom. The Morgan fingerprint density at radius 3 is 2.47 bits per heavy atom. The highest BCUT2D eigenvalue weighted by Crippen LogP contribution is 2.34. The monoisotopic (exact) mass is 428 g/mol. The highest BCUT2D eigenvalue weighted by Gasteiger charge is 2.37. The number of carbonyl (C=O) groups is 1. The lowest BCUT2D eigenvalue weighted by Crippen LogP contribution is -2.40. The van der Waals surface area contributed by atoms with Crippen molar-refractivity contribution in [1.29, 1.82) is 0 Å². The Kier molecular flexibility index (Phi) is 5.15. The normalized spacial score (nSPS) is 16.2. The zero-order valence-electron chi connectivity index (χ0n) is 19.5. The van der Waals surface area contributed by atoms with Gasteiger partial charge in [-0.25, -0.2) is 9.97 Å². The quantitative estimate of drug-likeness (QED) is 0.546. The van der Waals surface area contributed by atoms with E-state index in [2.05, 4.69) is 62.6 Å². The number of anilines is 1. The number of hydrogen-bond donors (Lipinski definition) is 1. The van der Waals surface area contributed by atoms with Gasteiger partial charge < -0.3 is 10.2 Å². The van der Waals surface area contributed by atoms with Crippen molar-refractivity contribution >= 4 is 22.6 Å². The second-order valence-electron chi connectivity index (χ2n) is 10.4. The van der Waals surface area contributed by atoms with E-state index in [0.29, 0.717) is 18.6 Å². The molecule has 0 bridgehead atoms. The summed E-state index contributed by atoms with van der Waals surface area (Å²) in [7, 11) is 0. The van der Waals surface area contributed by atoms with Gasteiger partial charge in [-0.2, -0.15) is 0 Å². The molecule has 2 aromatic carbocycles. The van der Waals surface area contributed by atoms with E-state index in [1.165, 1.54) is 18.4 Å². The van der Waals surface area contributed by atoms with Gasteiger partial charge in [0.15, 0.2) is 0 Å². The van der Waals surface area contributed by atoms with Crippen molar-refractivity contribution in [2.75, 3.05) is 5.32 Å². The first-order valence-electron chi connectivity index (χ1n) is 11.7. The zero-order valence-corrected chi connectivity index (χ0v) is 19.5. The summed E-state index contributed by atoms with van der Waals surface area (Å²) < 4.78 is 0. The number of nitrogens with zero attached hydrogens (tertiary/aromatic N) is 3. The van der Waals surface area contributed by atoms with Gasteiger partial charge in [0.25, 0.3) is 0 Å². The van der Waals surface area contributed by atoms with Crippen LogP contribution < -0.4 is 5.32 Å². The summed E-state index contributed by atoms with van der Waals surface area (Å²) in [6, 6.07) is 15.9. The number of aromatic nitrogens is 2. The molecule has 2 aliphatic rings. The predicted octanol–water partition coefficient (Wildman–Crippen LogP) is 5.72. The smallest absolute Gasteiger partial charge is 0.228 e. The third-order valence-corrected chi connectivity index (χ3v) is 6.23. The van der Waals surface area contributed by atoms with Crippen LogP contribution >= 0.6 is 0 Å². The van der Waals surface area contributed by atoms with Gasteiger partial charge in [0, 0.05) is 29.4 Å². The zero-order chi connectivity index (χ0) is 22.5. The van der Waals surface area contributed by atoms with Crippen LogP contribution in [0.5, 0.6) is 0 Å². The molecule has 0 radical (unpaired) electrons. The first-order chi connectivity index (χ1) is 15.3. The Bertz CT molecular complexity index is 1170. The molecular weight excluding hydrogens is 396 g/mol. The number of hydrogen-bond acceptors (Lipinski definition) is 4. The Labute approximate surface area is 190 Å². The summed E-state index contributed by atoms with van der Waals surface area (Å²) in [5.41, 5.74) is 4.08. The molecule has 5 nitrogen and oxygen atoms in total. The van der Waals surface area contributed by atoms with Gasteiger partial charge in [0.05, 0.1) is 5.52 Å². The minimum Gasteiger partial charge on any atom is -0.367 e. The van der Waals surface area contributed by atoms with Crippen LogP contribution in [0.4, 0.5) is 5.82 Å². The molecule has 2 aliphatic carbocycles. The summed E-state index contributed by atoms with van der Waals surface area (Å²) in [5, 5.41) is 4.63. The SMILES string of the molecule is Cc1nc(NC2CC2)c2cc(-c3cccc(CN(C(=O)C(C)(C)C)C4CC4)c3)ccc2n1. The van der Waals surface area contributed by atoms with Crippen LogP contribution in [0.15, 0.2) is 42.5 Å². The molecule has 0 saturated heterocycles. The third-order valence-electron chi connectivity index (χ3n) is 6.23. The number of benzene rings is 2. The lowest BCUT2D eigenvalue weighted by molar-refractivity contribution is -0.140. The van der Waals surface area contributed by atoms with E-state index in [1.54, 1.807) is 0 Å². The highest BCUT2D eigenvalue weighted by atomic mass is 16.2. The first-order valence-corrected chi connectivity index (χ1v) is 11.7. The van der Waals surface area contributed by atoms with E-state index in [1.807, 2.05) is 27.7 Å². The van der Waals surface area contributed by atoms with Crippen LogP contribution in [0.3, 0.4) is 0 Å². The summed E-state index contributed by atoms with van der Waals surface area (Å²) in [4.78, 5) is 24.4. The van der Waals surface area contributed by atoms with Crippen LogP contribution in [0.25, 0.3) is 22.0 Å². The molecule has 2 saturated carbocycles. The number of rotatable bonds is 6. The van der Waals surface area contributed by atoms with Gasteiger partial charge in [-0.3, -0.25) is 4.79 Å². The van der Waals surface area contributed by atoms with Crippen molar-refractivity contribution in [2.24, 2.45) is 5.41 Å². The molecule has 0 atom stereocenters. The van der Waals surface area contributed by atoms with Gasteiger partial charge in [0.2, 0.25) is 5.91 Å². The van der Waals surface area contributed by atoms with Crippen molar-refractivity contribution in [3.8, 4) is 11.1 Å². The maximum atomic E-state index is 13.0. The standard InChI is InChI=1S/C27H32N4O/c1-17-28-24-13-8-20(15-23(24)25(29-17)30-21-9-10-21)19-7-5-6-18(14-19)16-31(22-11-12-22)26(32)27(2,3)4/h5-8,13-15,21-22H,9-12,16H2,1-4H3,(H,28,29,30). The van der Waals surface area contributed by atoms with Gasteiger partial charge in [-0.15, -0.1) is 0 Å². The summed E-state index contributed by atoms with van der Waals surface area (Å²) >= 11 is 0. The molecule has 2 fully saturated rings. The Morgan fingerprint density at radius 2 is 1.78 bits per heavy atom. The molecule has 1 heterocycles. The molecule has 5 heteroatoms. The number of amides is 1. The van der Waals surface area contributed by atoms with Crippen molar-refractivity contribution in [1.82, 2.24) is 14.9 Å². The molecular formula is C27H32N4O. The molecule has 1 amide bonds. The van der Waals surface area contributed by atoms with Gasteiger partial charge >= 0.3 is 0 Å². The molecule has 0 unspecified atom stereocenters. The molecule has 0 aliphatic heterocycles. The molecule has 3 aromatic rings. The van der Waals surface area contributed by atoms with Crippen LogP contribution in [-0.2, 0) is 11.3 Å². The average molecular weight is 429 g/mol.